The molecule has 0 unspecified atom stereocenters. The van der Waals surface area contributed by atoms with E-state index in [0.29, 0.717) is 22.7 Å². The Balaban J connectivity index is 0.00000155. The average molecular weight is 442 g/mol. The topological polar surface area (TPSA) is 72.6 Å². The highest BCUT2D eigenvalue weighted by Gasteiger charge is 2.31. The Morgan fingerprint density at radius 3 is 2.43 bits per heavy atom. The van der Waals surface area contributed by atoms with Crippen LogP contribution in [0.1, 0.15) is 41.2 Å². The van der Waals surface area contributed by atoms with Crippen LogP contribution in [0.15, 0.2) is 47.1 Å². The fourth-order valence-electron chi connectivity index (χ4n) is 2.50. The van der Waals surface area contributed by atoms with Crippen molar-refractivity contribution in [3.05, 3.63) is 70.3 Å². The molecule has 3 aromatic rings. The van der Waals surface area contributed by atoms with Gasteiger partial charge in [-0.3, -0.25) is 0 Å². The molecule has 0 fully saturated rings. The summed E-state index contributed by atoms with van der Waals surface area (Å²) in [6.07, 6.45) is -3.11. The number of carbonyl (C=O) groups is 1. The fraction of sp³-hybridized carbons (Fsp3) is 0.238. The number of aromatic carboxylic acids is 1. The molecule has 9 heteroatoms. The Kier molecular flexibility index (Phi) is 7.50. The summed E-state index contributed by atoms with van der Waals surface area (Å²) < 4.78 is 48.8. The first-order valence-corrected chi connectivity index (χ1v) is 9.30. The maximum atomic E-state index is 12.7. The Morgan fingerprint density at radius 1 is 1.20 bits per heavy atom. The molecule has 0 aliphatic rings. The minimum Gasteiger partial charge on any atom is -0.487 e. The van der Waals surface area contributed by atoms with Crippen LogP contribution in [-0.2, 0) is 12.8 Å². The smallest absolute Gasteiger partial charge is 0.416 e. The van der Waals surface area contributed by atoms with Gasteiger partial charge in [0.25, 0.3) is 0 Å². The van der Waals surface area contributed by atoms with Gasteiger partial charge in [-0.05, 0) is 42.0 Å². The van der Waals surface area contributed by atoms with Crippen LogP contribution in [0.2, 0.25) is 5.02 Å². The van der Waals surface area contributed by atoms with E-state index < -0.39 is 17.7 Å². The van der Waals surface area contributed by atoms with Gasteiger partial charge in [0.1, 0.15) is 24.3 Å². The molecule has 0 aliphatic heterocycles. The first-order chi connectivity index (χ1) is 14.1. The minimum absolute atomic E-state index is 0.00951. The number of aromatic nitrogens is 1. The van der Waals surface area contributed by atoms with Gasteiger partial charge >= 0.3 is 12.1 Å². The molecule has 0 saturated heterocycles. The molecule has 0 radical (unpaired) electrons. The number of benzene rings is 2. The molecular formula is C21H19ClF3NO4. The van der Waals surface area contributed by atoms with E-state index in [-0.39, 0.29) is 22.9 Å². The Labute approximate surface area is 176 Å². The predicted molar refractivity (Wildman–Crippen MR) is 106 cm³/mol. The molecule has 0 amide bonds. The Morgan fingerprint density at radius 2 is 1.90 bits per heavy atom. The van der Waals surface area contributed by atoms with Crippen LogP contribution in [0.4, 0.5) is 13.2 Å². The summed E-state index contributed by atoms with van der Waals surface area (Å²) in [7, 11) is 0. The van der Waals surface area contributed by atoms with Gasteiger partial charge in [-0.25, -0.2) is 9.78 Å². The number of aryl methyl sites for hydroxylation is 1. The van der Waals surface area contributed by atoms with Crippen LogP contribution in [0, 0.1) is 6.92 Å². The average Bonchev–Trinajstić information content (AvgIpc) is 3.14. The van der Waals surface area contributed by atoms with E-state index in [2.05, 4.69) is 4.98 Å². The maximum absolute atomic E-state index is 12.7. The number of carboxylic acids is 1. The molecule has 0 saturated carbocycles. The van der Waals surface area contributed by atoms with Gasteiger partial charge in [0.2, 0.25) is 0 Å². The van der Waals surface area contributed by atoms with Crippen molar-refractivity contribution in [2.45, 2.75) is 33.6 Å². The second kappa shape index (κ2) is 9.67. The van der Waals surface area contributed by atoms with Gasteiger partial charge in [-0.15, -0.1) is 0 Å². The van der Waals surface area contributed by atoms with Crippen molar-refractivity contribution in [3.63, 3.8) is 0 Å². The van der Waals surface area contributed by atoms with Crippen LogP contribution in [0.5, 0.6) is 5.75 Å². The highest BCUT2D eigenvalue weighted by atomic mass is 35.5. The number of carboxylic acid groups (broad SMARTS) is 1. The molecule has 2 aromatic carbocycles. The molecule has 1 N–H and O–H groups in total. The highest BCUT2D eigenvalue weighted by molar-refractivity contribution is 6.32. The van der Waals surface area contributed by atoms with Crippen molar-refractivity contribution >= 4 is 17.6 Å². The zero-order valence-electron chi connectivity index (χ0n) is 16.4. The van der Waals surface area contributed by atoms with Gasteiger partial charge in [0.05, 0.1) is 16.1 Å². The maximum Gasteiger partial charge on any atom is 0.416 e. The first kappa shape index (κ1) is 23.3. The summed E-state index contributed by atoms with van der Waals surface area (Å²) in [6, 6.07) is 7.24. The van der Waals surface area contributed by atoms with Gasteiger partial charge in [-0.1, -0.05) is 25.4 Å². The Hall–Kier alpha value is -3.00. The highest BCUT2D eigenvalue weighted by Crippen LogP contribution is 2.35. The van der Waals surface area contributed by atoms with Crippen LogP contribution in [0.25, 0.3) is 11.3 Å². The summed E-state index contributed by atoms with van der Waals surface area (Å²) in [5.41, 5.74) is 0.562. The summed E-state index contributed by atoms with van der Waals surface area (Å²) in [4.78, 5) is 15.5. The van der Waals surface area contributed by atoms with Gasteiger partial charge in [0, 0.05) is 12.5 Å². The molecule has 0 spiro atoms. The number of ether oxygens (including phenoxy) is 1. The molecule has 0 atom stereocenters. The largest absolute Gasteiger partial charge is 0.487 e. The third-order valence-electron chi connectivity index (χ3n) is 3.81. The standard InChI is InChI=1S/C19H13ClF3NO4.C2H6/c1-10-24-16(9-27-10)12-4-11(5-13(6-12)18(25)26)8-28-17-3-2-14(7-15(17)20)19(21,22)23;1-2/h2-7,9H,8H2,1H3,(H,25,26);1-2H3. The van der Waals surface area contributed by atoms with Crippen molar-refractivity contribution in [2.75, 3.05) is 0 Å². The molecule has 160 valence electrons. The van der Waals surface area contributed by atoms with Crippen molar-refractivity contribution in [3.8, 4) is 17.0 Å². The molecule has 0 bridgehead atoms. The number of oxazole rings is 1. The van der Waals surface area contributed by atoms with Crippen LogP contribution < -0.4 is 4.74 Å². The second-order valence-electron chi connectivity index (χ2n) is 5.91. The number of hydrogen-bond acceptors (Lipinski definition) is 4. The van der Waals surface area contributed by atoms with Crippen molar-refractivity contribution in [1.29, 1.82) is 0 Å². The minimum atomic E-state index is -4.51. The third kappa shape index (κ3) is 5.76. The van der Waals surface area contributed by atoms with Gasteiger partial charge in [0.15, 0.2) is 5.89 Å². The van der Waals surface area contributed by atoms with E-state index in [4.69, 9.17) is 20.8 Å². The van der Waals surface area contributed by atoms with Crippen molar-refractivity contribution in [1.82, 2.24) is 4.98 Å². The van der Waals surface area contributed by atoms with Crippen LogP contribution >= 0.6 is 11.6 Å². The summed E-state index contributed by atoms with van der Waals surface area (Å²) in [5, 5.41) is 9.11. The third-order valence-corrected chi connectivity index (χ3v) is 4.10. The lowest BCUT2D eigenvalue weighted by Gasteiger charge is -2.12. The molecule has 0 aliphatic carbocycles. The molecule has 30 heavy (non-hydrogen) atoms. The van der Waals surface area contributed by atoms with Crippen LogP contribution in [-0.4, -0.2) is 16.1 Å². The van der Waals surface area contributed by atoms with Crippen molar-refractivity contribution in [2.24, 2.45) is 0 Å². The summed E-state index contributed by atoms with van der Waals surface area (Å²) in [6.45, 7) is 5.55. The van der Waals surface area contributed by atoms with Crippen molar-refractivity contribution < 1.29 is 32.2 Å². The first-order valence-electron chi connectivity index (χ1n) is 8.93. The monoisotopic (exact) mass is 441 g/mol. The SMILES string of the molecule is CC.Cc1nc(-c2cc(COc3ccc(C(F)(F)F)cc3Cl)cc(C(=O)O)c2)co1. The van der Waals surface area contributed by atoms with Gasteiger partial charge < -0.3 is 14.3 Å². The second-order valence-corrected chi connectivity index (χ2v) is 6.31. The zero-order chi connectivity index (χ0) is 22.5. The number of halogens is 4. The Bertz CT molecular complexity index is 1030. The molecule has 1 aromatic heterocycles. The van der Waals surface area contributed by atoms with Gasteiger partial charge in [-0.2, -0.15) is 13.2 Å². The zero-order valence-corrected chi connectivity index (χ0v) is 17.1. The molecular weight excluding hydrogens is 423 g/mol. The number of hydrogen-bond donors (Lipinski definition) is 1. The predicted octanol–water partition coefficient (Wildman–Crippen LogP) is 6.63. The quantitative estimate of drug-likeness (QED) is 0.481. The number of rotatable bonds is 5. The van der Waals surface area contributed by atoms with E-state index in [1.165, 1.54) is 18.4 Å². The van der Waals surface area contributed by atoms with Crippen LogP contribution in [0.3, 0.4) is 0 Å². The van der Waals surface area contributed by atoms with E-state index >= 15 is 0 Å². The normalized spacial score (nSPS) is 10.9. The summed E-state index contributed by atoms with van der Waals surface area (Å²) in [5.74, 6) is -0.671. The lowest BCUT2D eigenvalue weighted by molar-refractivity contribution is -0.137. The summed E-state index contributed by atoms with van der Waals surface area (Å²) >= 11 is 5.87. The molecule has 3 rings (SSSR count). The van der Waals surface area contributed by atoms with E-state index in [1.54, 1.807) is 13.0 Å². The number of nitrogens with zero attached hydrogens (tertiary/aromatic N) is 1. The van der Waals surface area contributed by atoms with E-state index in [9.17, 15) is 23.1 Å². The lowest BCUT2D eigenvalue weighted by Crippen LogP contribution is -2.05. The molecule has 1 heterocycles. The van der Waals surface area contributed by atoms with E-state index in [0.717, 1.165) is 18.2 Å². The number of alkyl halides is 3. The molecule has 5 nitrogen and oxygen atoms in total. The fourth-order valence-corrected chi connectivity index (χ4v) is 2.73. The lowest BCUT2D eigenvalue weighted by atomic mass is 10.0. The van der Waals surface area contributed by atoms with E-state index in [1.807, 2.05) is 13.8 Å².